The minimum atomic E-state index is -0.598. The molecule has 0 saturated heterocycles. The van der Waals surface area contributed by atoms with Gasteiger partial charge in [0, 0.05) is 34.9 Å². The smallest absolute Gasteiger partial charge is 0.315 e. The van der Waals surface area contributed by atoms with Crippen molar-refractivity contribution in [1.82, 2.24) is 0 Å². The number of hydrogen-bond acceptors (Lipinski definition) is 5. The molecule has 0 amide bonds. The number of methoxy groups -OCH3 is 1. The molecule has 0 spiro atoms. The maximum absolute atomic E-state index is 13.1. The zero-order valence-corrected chi connectivity index (χ0v) is 17.0. The molecule has 1 aromatic rings. The summed E-state index contributed by atoms with van der Waals surface area (Å²) in [6, 6.07) is 7.61. The summed E-state index contributed by atoms with van der Waals surface area (Å²) in [6.45, 7) is 4.37. The lowest BCUT2D eigenvalue weighted by Gasteiger charge is -2.35. The highest BCUT2D eigenvalue weighted by molar-refractivity contribution is 6.09. The van der Waals surface area contributed by atoms with Gasteiger partial charge in [-0.25, -0.2) is 0 Å². The normalized spacial score (nSPS) is 21.8. The molecule has 28 heavy (non-hydrogen) atoms. The number of para-hydroxylation sites is 1. The zero-order chi connectivity index (χ0) is 20.1. The number of esters is 1. The van der Waals surface area contributed by atoms with Crippen LogP contribution in [-0.2, 0) is 14.3 Å². The summed E-state index contributed by atoms with van der Waals surface area (Å²) in [7, 11) is 1.61. The van der Waals surface area contributed by atoms with Gasteiger partial charge in [0.05, 0.1) is 13.7 Å². The average molecular weight is 383 g/mol. The monoisotopic (exact) mass is 383 g/mol. The van der Waals surface area contributed by atoms with Gasteiger partial charge in [-0.3, -0.25) is 14.6 Å². The number of ketones is 1. The second-order valence-electron chi connectivity index (χ2n) is 7.46. The molecule has 0 saturated carbocycles. The van der Waals surface area contributed by atoms with Crippen LogP contribution in [0.15, 0.2) is 40.5 Å². The molecule has 3 rings (SSSR count). The molecule has 0 bridgehead atoms. The number of nitrogens with zero attached hydrogens (tertiary/aromatic N) is 1. The second kappa shape index (κ2) is 9.18. The Kier molecular flexibility index (Phi) is 6.65. The number of rotatable bonds is 7. The second-order valence-corrected chi connectivity index (χ2v) is 7.46. The Morgan fingerprint density at radius 1 is 1.21 bits per heavy atom. The lowest BCUT2D eigenvalue weighted by atomic mass is 9.71. The van der Waals surface area contributed by atoms with Crippen molar-refractivity contribution < 1.29 is 19.1 Å². The van der Waals surface area contributed by atoms with Gasteiger partial charge in [0.25, 0.3) is 0 Å². The van der Waals surface area contributed by atoms with Crippen LogP contribution in [0.25, 0.3) is 0 Å². The first kappa shape index (κ1) is 20.3. The summed E-state index contributed by atoms with van der Waals surface area (Å²) >= 11 is 0. The molecule has 0 radical (unpaired) electrons. The topological polar surface area (TPSA) is 65.0 Å². The van der Waals surface area contributed by atoms with Crippen LogP contribution < -0.4 is 4.74 Å². The molecule has 0 N–H and O–H groups in total. The largest absolute Gasteiger partial charge is 0.496 e. The average Bonchev–Trinajstić information content (AvgIpc) is 2.70. The minimum Gasteiger partial charge on any atom is -0.496 e. The molecule has 1 aromatic carbocycles. The Morgan fingerprint density at radius 3 is 2.75 bits per heavy atom. The molecule has 1 unspecified atom stereocenters. The zero-order valence-electron chi connectivity index (χ0n) is 17.0. The van der Waals surface area contributed by atoms with Crippen molar-refractivity contribution in [2.24, 2.45) is 10.9 Å². The Hall–Kier alpha value is -2.43. The van der Waals surface area contributed by atoms with E-state index in [-0.39, 0.29) is 11.8 Å². The van der Waals surface area contributed by atoms with E-state index in [0.29, 0.717) is 30.1 Å². The summed E-state index contributed by atoms with van der Waals surface area (Å²) in [4.78, 5) is 30.6. The minimum absolute atomic E-state index is 0.0807. The standard InChI is InChI=1S/C23H29NO4/c1-4-5-8-14-28-23(26)20-15(2)24-17-11-9-12-18(25)22(17)21(20)16-10-6-7-13-19(16)27-3/h6-7,10,13,20-21H,4-5,8-9,11-12,14H2,1-3H3/t20?,21-/m1/s1. The predicted molar refractivity (Wildman–Crippen MR) is 109 cm³/mol. The molecule has 2 atom stereocenters. The van der Waals surface area contributed by atoms with Crippen molar-refractivity contribution in [3.05, 3.63) is 41.1 Å². The fourth-order valence-electron chi connectivity index (χ4n) is 4.19. The first-order valence-corrected chi connectivity index (χ1v) is 10.2. The lowest BCUT2D eigenvalue weighted by Crippen LogP contribution is -2.37. The van der Waals surface area contributed by atoms with Gasteiger partial charge in [-0.2, -0.15) is 0 Å². The molecule has 5 heteroatoms. The van der Waals surface area contributed by atoms with Gasteiger partial charge in [0.15, 0.2) is 5.78 Å². The van der Waals surface area contributed by atoms with E-state index in [1.807, 2.05) is 31.2 Å². The van der Waals surface area contributed by atoms with E-state index in [1.165, 1.54) is 0 Å². The Balaban J connectivity index is 2.02. The number of carbonyl (C=O) groups is 2. The van der Waals surface area contributed by atoms with Gasteiger partial charge in [0.2, 0.25) is 0 Å². The summed E-state index contributed by atoms with van der Waals surface area (Å²) in [6.07, 6.45) is 5.00. The quantitative estimate of drug-likeness (QED) is 0.509. The molecular formula is C23H29NO4. The predicted octanol–water partition coefficient (Wildman–Crippen LogP) is 4.61. The summed E-state index contributed by atoms with van der Waals surface area (Å²) in [5.74, 6) is -0.555. The molecule has 2 aliphatic rings. The first-order chi connectivity index (χ1) is 13.6. The highest BCUT2D eigenvalue weighted by atomic mass is 16.5. The fourth-order valence-corrected chi connectivity index (χ4v) is 4.19. The number of allylic oxidation sites excluding steroid dienone is 2. The molecular weight excluding hydrogens is 354 g/mol. The van der Waals surface area contributed by atoms with Crippen LogP contribution in [0.3, 0.4) is 0 Å². The molecule has 150 valence electrons. The van der Waals surface area contributed by atoms with Crippen LogP contribution in [0.5, 0.6) is 5.75 Å². The van der Waals surface area contributed by atoms with Crippen molar-refractivity contribution in [3.8, 4) is 5.75 Å². The van der Waals surface area contributed by atoms with Crippen molar-refractivity contribution >= 4 is 17.5 Å². The molecule has 0 fully saturated rings. The molecule has 5 nitrogen and oxygen atoms in total. The third-order valence-electron chi connectivity index (χ3n) is 5.55. The summed E-state index contributed by atoms with van der Waals surface area (Å²) in [5.41, 5.74) is 3.04. The van der Waals surface area contributed by atoms with Crippen LogP contribution >= 0.6 is 0 Å². The van der Waals surface area contributed by atoms with Crippen molar-refractivity contribution in [2.45, 2.75) is 58.3 Å². The maximum Gasteiger partial charge on any atom is 0.315 e. The van der Waals surface area contributed by atoms with E-state index in [4.69, 9.17) is 9.47 Å². The van der Waals surface area contributed by atoms with Gasteiger partial charge < -0.3 is 9.47 Å². The fraction of sp³-hybridized carbons (Fsp3) is 0.522. The van der Waals surface area contributed by atoms with E-state index < -0.39 is 11.8 Å². The Bertz CT molecular complexity index is 809. The van der Waals surface area contributed by atoms with E-state index in [9.17, 15) is 9.59 Å². The molecule has 1 aliphatic carbocycles. The van der Waals surface area contributed by atoms with Gasteiger partial charge in [-0.15, -0.1) is 0 Å². The van der Waals surface area contributed by atoms with Crippen LogP contribution in [0.2, 0.25) is 0 Å². The molecule has 1 aliphatic heterocycles. The van der Waals surface area contributed by atoms with Gasteiger partial charge in [-0.05, 0) is 32.3 Å². The molecule has 0 aromatic heterocycles. The van der Waals surface area contributed by atoms with E-state index in [1.54, 1.807) is 7.11 Å². The number of aliphatic imine (C=N–C) groups is 1. The van der Waals surface area contributed by atoms with E-state index in [0.717, 1.165) is 43.4 Å². The van der Waals surface area contributed by atoms with Crippen LogP contribution in [0.4, 0.5) is 0 Å². The maximum atomic E-state index is 13.1. The van der Waals surface area contributed by atoms with Crippen molar-refractivity contribution in [3.63, 3.8) is 0 Å². The highest BCUT2D eigenvalue weighted by Crippen LogP contribution is 2.46. The van der Waals surface area contributed by atoms with E-state index >= 15 is 0 Å². The number of hydrogen-bond donors (Lipinski definition) is 0. The summed E-state index contributed by atoms with van der Waals surface area (Å²) < 4.78 is 11.2. The highest BCUT2D eigenvalue weighted by Gasteiger charge is 2.44. The number of carbonyl (C=O) groups excluding carboxylic acids is 2. The first-order valence-electron chi connectivity index (χ1n) is 10.2. The van der Waals surface area contributed by atoms with E-state index in [2.05, 4.69) is 11.9 Å². The van der Waals surface area contributed by atoms with Crippen molar-refractivity contribution in [2.75, 3.05) is 13.7 Å². The third kappa shape index (κ3) is 4.03. The van der Waals surface area contributed by atoms with Crippen LogP contribution in [-0.4, -0.2) is 31.2 Å². The lowest BCUT2D eigenvalue weighted by molar-refractivity contribution is -0.146. The SMILES string of the molecule is CCCCCOC(=O)C1C(C)=NC2=C(C(=O)CCC2)[C@@H]1c1ccccc1OC. The van der Waals surface area contributed by atoms with Crippen molar-refractivity contribution in [1.29, 1.82) is 0 Å². The molecule has 1 heterocycles. The number of unbranched alkanes of at least 4 members (excludes halogenated alkanes) is 2. The van der Waals surface area contributed by atoms with Crippen LogP contribution in [0, 0.1) is 5.92 Å². The number of benzene rings is 1. The third-order valence-corrected chi connectivity index (χ3v) is 5.55. The summed E-state index contributed by atoms with van der Waals surface area (Å²) in [5, 5.41) is 0. The van der Waals surface area contributed by atoms with Gasteiger partial charge in [0.1, 0.15) is 11.7 Å². The number of ether oxygens (including phenoxy) is 2. The van der Waals surface area contributed by atoms with Crippen LogP contribution in [0.1, 0.15) is 63.9 Å². The van der Waals surface area contributed by atoms with Gasteiger partial charge >= 0.3 is 5.97 Å². The van der Waals surface area contributed by atoms with Gasteiger partial charge in [-0.1, -0.05) is 38.0 Å². The Labute approximate surface area is 166 Å². The number of Topliss-reactive ketones (excluding diaryl/α,β-unsaturated/α-hetero) is 1. The Morgan fingerprint density at radius 2 is 2.00 bits per heavy atom.